The number of nitrogens with zero attached hydrogens (tertiary/aromatic N) is 4. The highest BCUT2D eigenvalue weighted by molar-refractivity contribution is 6.32. The Labute approximate surface area is 174 Å². The van der Waals surface area contributed by atoms with Crippen LogP contribution in [0, 0.1) is 10.1 Å². The Kier molecular flexibility index (Phi) is 5.74. The molecule has 1 heterocycles. The van der Waals surface area contributed by atoms with Crippen molar-refractivity contribution in [3.63, 3.8) is 0 Å². The zero-order valence-electron chi connectivity index (χ0n) is 15.9. The van der Waals surface area contributed by atoms with Crippen LogP contribution in [0.2, 0.25) is 5.02 Å². The lowest BCUT2D eigenvalue weighted by atomic mass is 10.0. The van der Waals surface area contributed by atoms with Gasteiger partial charge in [-0.05, 0) is 22.4 Å². The predicted octanol–water partition coefficient (Wildman–Crippen LogP) is 4.55. The molecular formula is C22H21ClN4O2. The smallest absolute Gasteiger partial charge is 0.288 e. The first-order valence-corrected chi connectivity index (χ1v) is 9.90. The summed E-state index contributed by atoms with van der Waals surface area (Å²) < 4.78 is 0. The van der Waals surface area contributed by atoms with Crippen molar-refractivity contribution >= 4 is 34.3 Å². The Bertz CT molecular complexity index is 1060. The fraction of sp³-hybridized carbons (Fsp3) is 0.227. The Morgan fingerprint density at radius 3 is 2.59 bits per heavy atom. The minimum absolute atomic E-state index is 0.101. The Hall–Kier alpha value is -2.96. The van der Waals surface area contributed by atoms with Crippen LogP contribution in [-0.2, 0) is 6.54 Å². The van der Waals surface area contributed by atoms with Gasteiger partial charge in [-0.2, -0.15) is 5.10 Å². The van der Waals surface area contributed by atoms with Crippen molar-refractivity contribution in [2.45, 2.75) is 6.54 Å². The molecule has 0 spiro atoms. The molecule has 0 bridgehead atoms. The van der Waals surface area contributed by atoms with Crippen LogP contribution in [-0.4, -0.2) is 47.2 Å². The summed E-state index contributed by atoms with van der Waals surface area (Å²) in [7, 11) is 0. The molecule has 0 atom stereocenters. The molecular weight excluding hydrogens is 388 g/mol. The molecule has 1 saturated heterocycles. The van der Waals surface area contributed by atoms with Gasteiger partial charge in [-0.3, -0.25) is 20.0 Å². The first kappa shape index (κ1) is 19.4. The lowest BCUT2D eigenvalue weighted by Crippen LogP contribution is -2.43. The van der Waals surface area contributed by atoms with Crippen LogP contribution < -0.4 is 0 Å². The zero-order chi connectivity index (χ0) is 20.2. The maximum atomic E-state index is 11.0. The molecule has 0 amide bonds. The molecule has 0 aromatic heterocycles. The lowest BCUT2D eigenvalue weighted by Gasteiger charge is -2.33. The monoisotopic (exact) mass is 408 g/mol. The molecule has 0 saturated carbocycles. The number of rotatable bonds is 5. The van der Waals surface area contributed by atoms with Crippen LogP contribution >= 0.6 is 11.6 Å². The van der Waals surface area contributed by atoms with Crippen molar-refractivity contribution < 1.29 is 4.92 Å². The molecule has 3 aromatic rings. The third-order valence-corrected chi connectivity index (χ3v) is 5.48. The first-order valence-electron chi connectivity index (χ1n) is 9.52. The maximum Gasteiger partial charge on any atom is 0.288 e. The van der Waals surface area contributed by atoms with E-state index in [0.29, 0.717) is 5.56 Å². The van der Waals surface area contributed by atoms with Crippen molar-refractivity contribution in [2.24, 2.45) is 5.10 Å². The fourth-order valence-corrected chi connectivity index (χ4v) is 3.77. The summed E-state index contributed by atoms with van der Waals surface area (Å²) in [5, 5.41) is 20.2. The van der Waals surface area contributed by atoms with E-state index in [0.717, 1.165) is 32.7 Å². The number of hydrazone groups is 1. The van der Waals surface area contributed by atoms with Gasteiger partial charge < -0.3 is 0 Å². The normalized spacial score (nSPS) is 15.3. The van der Waals surface area contributed by atoms with E-state index in [9.17, 15) is 10.1 Å². The summed E-state index contributed by atoms with van der Waals surface area (Å²) in [6.45, 7) is 4.39. The molecule has 1 aliphatic heterocycles. The van der Waals surface area contributed by atoms with Crippen LogP contribution in [0.4, 0.5) is 5.69 Å². The van der Waals surface area contributed by atoms with E-state index < -0.39 is 4.92 Å². The summed E-state index contributed by atoms with van der Waals surface area (Å²) in [5.74, 6) is 0. The number of hydrogen-bond acceptors (Lipinski definition) is 5. The van der Waals surface area contributed by atoms with E-state index in [2.05, 4.69) is 52.5 Å². The number of hydrogen-bond donors (Lipinski definition) is 0. The lowest BCUT2D eigenvalue weighted by molar-refractivity contribution is -0.384. The first-order chi connectivity index (χ1) is 14.1. The maximum absolute atomic E-state index is 11.0. The molecule has 0 N–H and O–H groups in total. The number of benzene rings is 3. The molecule has 4 rings (SSSR count). The number of nitro groups is 1. The molecule has 1 fully saturated rings. The molecule has 6 nitrogen and oxygen atoms in total. The van der Waals surface area contributed by atoms with E-state index in [-0.39, 0.29) is 10.7 Å². The van der Waals surface area contributed by atoms with Crippen LogP contribution in [0.5, 0.6) is 0 Å². The summed E-state index contributed by atoms with van der Waals surface area (Å²) in [4.78, 5) is 13.0. The highest BCUT2D eigenvalue weighted by atomic mass is 35.5. The Morgan fingerprint density at radius 1 is 1.03 bits per heavy atom. The van der Waals surface area contributed by atoms with Gasteiger partial charge in [0.15, 0.2) is 0 Å². The van der Waals surface area contributed by atoms with Crippen LogP contribution in [0.15, 0.2) is 65.8 Å². The minimum atomic E-state index is -0.480. The summed E-state index contributed by atoms with van der Waals surface area (Å²) in [6.07, 6.45) is 1.66. The Morgan fingerprint density at radius 2 is 1.79 bits per heavy atom. The van der Waals surface area contributed by atoms with Crippen molar-refractivity contribution in [1.82, 2.24) is 9.91 Å². The van der Waals surface area contributed by atoms with Gasteiger partial charge in [0, 0.05) is 44.4 Å². The van der Waals surface area contributed by atoms with E-state index in [4.69, 9.17) is 11.6 Å². The molecule has 1 aliphatic rings. The van der Waals surface area contributed by atoms with E-state index in [1.54, 1.807) is 12.3 Å². The molecule has 0 radical (unpaired) electrons. The minimum Gasteiger partial charge on any atom is -0.295 e. The molecule has 29 heavy (non-hydrogen) atoms. The number of nitro benzene ring substituents is 1. The van der Waals surface area contributed by atoms with Crippen LogP contribution in [0.1, 0.15) is 11.1 Å². The van der Waals surface area contributed by atoms with E-state index in [1.807, 2.05) is 5.01 Å². The quantitative estimate of drug-likeness (QED) is 0.353. The predicted molar refractivity (Wildman–Crippen MR) is 116 cm³/mol. The van der Waals surface area contributed by atoms with Gasteiger partial charge in [0.2, 0.25) is 0 Å². The number of fused-ring (bicyclic) bond motifs is 1. The third-order valence-electron chi connectivity index (χ3n) is 5.16. The van der Waals surface area contributed by atoms with Crippen molar-refractivity contribution in [3.05, 3.63) is 86.9 Å². The topological polar surface area (TPSA) is 62.0 Å². The van der Waals surface area contributed by atoms with Gasteiger partial charge in [-0.15, -0.1) is 0 Å². The second-order valence-corrected chi connectivity index (χ2v) is 7.49. The van der Waals surface area contributed by atoms with Crippen LogP contribution in [0.25, 0.3) is 10.8 Å². The summed E-state index contributed by atoms with van der Waals surface area (Å²) in [6, 6.07) is 19.6. The van der Waals surface area contributed by atoms with Gasteiger partial charge in [0.25, 0.3) is 5.69 Å². The van der Waals surface area contributed by atoms with Crippen molar-refractivity contribution in [3.8, 4) is 0 Å². The number of piperazine rings is 1. The van der Waals surface area contributed by atoms with Gasteiger partial charge in [0.05, 0.1) is 11.1 Å². The fourth-order valence-electron chi connectivity index (χ4n) is 3.58. The molecule has 148 valence electrons. The average molecular weight is 409 g/mol. The highest BCUT2D eigenvalue weighted by Gasteiger charge is 2.17. The largest absolute Gasteiger partial charge is 0.295 e. The summed E-state index contributed by atoms with van der Waals surface area (Å²) >= 11 is 5.86. The Balaban J connectivity index is 1.37. The number of halogens is 1. The average Bonchev–Trinajstić information content (AvgIpc) is 2.74. The molecule has 3 aromatic carbocycles. The van der Waals surface area contributed by atoms with Crippen molar-refractivity contribution in [1.29, 1.82) is 0 Å². The van der Waals surface area contributed by atoms with E-state index in [1.165, 1.54) is 28.5 Å². The second kappa shape index (κ2) is 8.59. The molecule has 0 aliphatic carbocycles. The summed E-state index contributed by atoms with van der Waals surface area (Å²) in [5.41, 5.74) is 1.91. The van der Waals surface area contributed by atoms with E-state index >= 15 is 0 Å². The van der Waals surface area contributed by atoms with Crippen molar-refractivity contribution in [2.75, 3.05) is 26.2 Å². The second-order valence-electron chi connectivity index (χ2n) is 7.08. The van der Waals surface area contributed by atoms with Crippen LogP contribution in [0.3, 0.4) is 0 Å². The van der Waals surface area contributed by atoms with Gasteiger partial charge in [0.1, 0.15) is 5.02 Å². The highest BCUT2D eigenvalue weighted by Crippen LogP contribution is 2.24. The van der Waals surface area contributed by atoms with Gasteiger partial charge in [-0.1, -0.05) is 60.1 Å². The standard InChI is InChI=1S/C22H21ClN4O2/c23-21-9-8-17(14-22(21)27(28)29)15-24-26-12-10-25(11-13-26)16-19-6-3-5-18-4-1-2-7-20(18)19/h1-9,14-15H,10-13,16H2/b24-15-. The molecule has 0 unspecified atom stereocenters. The SMILES string of the molecule is O=[N+]([O-])c1cc(/C=N\N2CCN(Cc3cccc4ccccc34)CC2)ccc1Cl. The third kappa shape index (κ3) is 4.55. The van der Waals surface area contributed by atoms with Gasteiger partial charge >= 0.3 is 0 Å². The van der Waals surface area contributed by atoms with Gasteiger partial charge in [-0.25, -0.2) is 0 Å². The molecule has 7 heteroatoms. The zero-order valence-corrected chi connectivity index (χ0v) is 16.6.